The quantitative estimate of drug-likeness (QED) is 0.406. The van der Waals surface area contributed by atoms with Crippen LogP contribution in [0.2, 0.25) is 5.02 Å². The Kier molecular flexibility index (Phi) is 6.81. The molecule has 1 atom stereocenters. The van der Waals surface area contributed by atoms with Gasteiger partial charge in [-0.2, -0.15) is 0 Å². The number of nitrogens with two attached hydrogens (primary N) is 1. The maximum absolute atomic E-state index is 15.5. The fourth-order valence-electron chi connectivity index (χ4n) is 4.43. The van der Waals surface area contributed by atoms with Gasteiger partial charge in [0.1, 0.15) is 29.6 Å². The molecule has 190 valence electrons. The number of hydrogen-bond donors (Lipinski definition) is 1. The van der Waals surface area contributed by atoms with Crippen molar-refractivity contribution in [1.82, 2.24) is 19.9 Å². The number of halogens is 3. The molecule has 2 aromatic heterocycles. The summed E-state index contributed by atoms with van der Waals surface area (Å²) in [7, 11) is 1.37. The van der Waals surface area contributed by atoms with Crippen LogP contribution in [0.3, 0.4) is 0 Å². The molecule has 1 unspecified atom stereocenters. The van der Waals surface area contributed by atoms with E-state index < -0.39 is 23.5 Å². The Bertz CT molecular complexity index is 1500. The molecule has 2 N–H and O–H groups in total. The van der Waals surface area contributed by atoms with Crippen molar-refractivity contribution < 1.29 is 23.0 Å². The number of aromatic nitrogens is 4. The standard InChI is InChI=1S/C25H21ClF2N6O3/c1-36-25-23(30-2-3-31-25)20(24(29)35)14-10-15(17(27)11-16(14)26)22-21-18(28)8-13(9-19(21)32-12-33-22)34-4-6-37-7-5-34/h2-3,8-12,20H,4-7H2,1H3,(H2,29,35). The average molecular weight is 527 g/mol. The van der Waals surface area contributed by atoms with Crippen molar-refractivity contribution in [2.24, 2.45) is 5.73 Å². The molecule has 0 spiro atoms. The summed E-state index contributed by atoms with van der Waals surface area (Å²) in [4.78, 5) is 31.2. The van der Waals surface area contributed by atoms with Crippen LogP contribution in [0, 0.1) is 11.6 Å². The summed E-state index contributed by atoms with van der Waals surface area (Å²) in [5, 5.41) is -0.0504. The number of primary amides is 1. The van der Waals surface area contributed by atoms with Gasteiger partial charge in [-0.25, -0.2) is 23.7 Å². The Morgan fingerprint density at radius 2 is 1.84 bits per heavy atom. The van der Waals surface area contributed by atoms with Crippen molar-refractivity contribution in [3.05, 3.63) is 70.9 Å². The Morgan fingerprint density at radius 3 is 2.57 bits per heavy atom. The topological polar surface area (TPSA) is 116 Å². The third kappa shape index (κ3) is 4.63. The average Bonchev–Trinajstić information content (AvgIpc) is 2.90. The molecule has 1 aliphatic heterocycles. The van der Waals surface area contributed by atoms with Gasteiger partial charge in [0.2, 0.25) is 11.8 Å². The highest BCUT2D eigenvalue weighted by molar-refractivity contribution is 6.32. The van der Waals surface area contributed by atoms with Gasteiger partial charge in [-0.15, -0.1) is 0 Å². The molecule has 12 heteroatoms. The van der Waals surface area contributed by atoms with E-state index in [0.717, 1.165) is 6.07 Å². The van der Waals surface area contributed by atoms with Gasteiger partial charge in [0.25, 0.3) is 0 Å². The van der Waals surface area contributed by atoms with Gasteiger partial charge in [-0.3, -0.25) is 9.78 Å². The van der Waals surface area contributed by atoms with Crippen LogP contribution in [0.15, 0.2) is 43.0 Å². The van der Waals surface area contributed by atoms with E-state index in [1.165, 1.54) is 38.0 Å². The van der Waals surface area contributed by atoms with Gasteiger partial charge in [0.15, 0.2) is 0 Å². The molecule has 1 fully saturated rings. The second-order valence-electron chi connectivity index (χ2n) is 8.28. The molecule has 1 aliphatic rings. The number of fused-ring (bicyclic) bond motifs is 1. The lowest BCUT2D eigenvalue weighted by Crippen LogP contribution is -2.36. The van der Waals surface area contributed by atoms with Gasteiger partial charge in [0.05, 0.1) is 36.9 Å². The number of carbonyl (C=O) groups is 1. The van der Waals surface area contributed by atoms with Crippen LogP contribution in [-0.4, -0.2) is 59.3 Å². The molecule has 5 rings (SSSR count). The van der Waals surface area contributed by atoms with Crippen molar-refractivity contribution in [3.8, 4) is 17.1 Å². The lowest BCUT2D eigenvalue weighted by molar-refractivity contribution is -0.118. The zero-order valence-corrected chi connectivity index (χ0v) is 20.4. The largest absolute Gasteiger partial charge is 0.480 e. The third-order valence-electron chi connectivity index (χ3n) is 6.15. The monoisotopic (exact) mass is 526 g/mol. The van der Waals surface area contributed by atoms with Gasteiger partial charge in [0, 0.05) is 41.8 Å². The second-order valence-corrected chi connectivity index (χ2v) is 8.69. The van der Waals surface area contributed by atoms with Crippen molar-refractivity contribution >= 4 is 34.1 Å². The lowest BCUT2D eigenvalue weighted by atomic mass is 9.91. The first-order valence-electron chi connectivity index (χ1n) is 11.3. The van der Waals surface area contributed by atoms with Crippen molar-refractivity contribution in [3.63, 3.8) is 0 Å². The molecule has 1 amide bonds. The van der Waals surface area contributed by atoms with E-state index in [9.17, 15) is 4.79 Å². The molecule has 9 nitrogen and oxygen atoms in total. The second kappa shape index (κ2) is 10.2. The van der Waals surface area contributed by atoms with E-state index in [1.807, 2.05) is 4.90 Å². The van der Waals surface area contributed by atoms with Crippen LogP contribution < -0.4 is 15.4 Å². The van der Waals surface area contributed by atoms with Gasteiger partial charge < -0.3 is 20.1 Å². The summed E-state index contributed by atoms with van der Waals surface area (Å²) in [5.41, 5.74) is 6.80. The zero-order valence-electron chi connectivity index (χ0n) is 19.6. The summed E-state index contributed by atoms with van der Waals surface area (Å²) in [5.74, 6) is -3.36. The van der Waals surface area contributed by atoms with Crippen LogP contribution >= 0.6 is 11.6 Å². The minimum Gasteiger partial charge on any atom is -0.480 e. The first-order chi connectivity index (χ1) is 17.9. The summed E-state index contributed by atoms with van der Waals surface area (Å²) in [6.45, 7) is 2.28. The molecule has 37 heavy (non-hydrogen) atoms. The molecule has 4 aromatic rings. The highest BCUT2D eigenvalue weighted by Crippen LogP contribution is 2.39. The number of ether oxygens (including phenoxy) is 2. The van der Waals surface area contributed by atoms with Crippen molar-refractivity contribution in [1.29, 1.82) is 0 Å². The fourth-order valence-corrected chi connectivity index (χ4v) is 4.69. The van der Waals surface area contributed by atoms with Gasteiger partial charge >= 0.3 is 0 Å². The maximum Gasteiger partial charge on any atom is 0.236 e. The van der Waals surface area contributed by atoms with Gasteiger partial charge in [-0.1, -0.05) is 11.6 Å². The van der Waals surface area contributed by atoms with Crippen LogP contribution in [0.1, 0.15) is 17.2 Å². The normalized spacial score (nSPS) is 14.5. The summed E-state index contributed by atoms with van der Waals surface area (Å²) < 4.78 is 41.4. The van der Waals surface area contributed by atoms with Gasteiger partial charge in [-0.05, 0) is 29.8 Å². The number of morpholine rings is 1. The summed E-state index contributed by atoms with van der Waals surface area (Å²) >= 11 is 6.37. The number of anilines is 1. The molecule has 0 saturated carbocycles. The van der Waals surface area contributed by atoms with Crippen LogP contribution in [-0.2, 0) is 9.53 Å². The van der Waals surface area contributed by atoms with Crippen molar-refractivity contribution in [2.75, 3.05) is 38.3 Å². The number of amides is 1. The number of methoxy groups -OCH3 is 1. The number of hydrogen-bond acceptors (Lipinski definition) is 8. The predicted octanol–water partition coefficient (Wildman–Crippen LogP) is 3.48. The Morgan fingerprint density at radius 1 is 1.08 bits per heavy atom. The summed E-state index contributed by atoms with van der Waals surface area (Å²) in [6, 6.07) is 5.43. The SMILES string of the molecule is COc1nccnc1C(C(N)=O)c1cc(-c2ncnc3cc(N4CCOCC4)cc(F)c23)c(F)cc1Cl. The number of rotatable bonds is 6. The molecular weight excluding hydrogens is 506 g/mol. The Balaban J connectivity index is 1.67. The highest BCUT2D eigenvalue weighted by Gasteiger charge is 2.30. The highest BCUT2D eigenvalue weighted by atomic mass is 35.5. The minimum atomic E-state index is -1.22. The zero-order chi connectivity index (χ0) is 26.1. The number of nitrogens with zero attached hydrogens (tertiary/aromatic N) is 5. The summed E-state index contributed by atoms with van der Waals surface area (Å²) in [6.07, 6.45) is 3.98. The number of carbonyl (C=O) groups excluding carboxylic acids is 1. The predicted molar refractivity (Wildman–Crippen MR) is 133 cm³/mol. The minimum absolute atomic E-state index is 0.000718. The van der Waals surface area contributed by atoms with E-state index in [2.05, 4.69) is 19.9 Å². The smallest absolute Gasteiger partial charge is 0.236 e. The molecule has 1 saturated heterocycles. The van der Waals surface area contributed by atoms with Crippen LogP contribution in [0.4, 0.5) is 14.5 Å². The van der Waals surface area contributed by atoms with E-state index in [4.69, 9.17) is 26.8 Å². The van der Waals surface area contributed by atoms with E-state index in [1.54, 1.807) is 6.07 Å². The maximum atomic E-state index is 15.5. The molecule has 0 bridgehead atoms. The molecule has 0 aliphatic carbocycles. The molecule has 0 radical (unpaired) electrons. The van der Waals surface area contributed by atoms with E-state index >= 15 is 8.78 Å². The molecule has 3 heterocycles. The molecule has 2 aromatic carbocycles. The third-order valence-corrected chi connectivity index (χ3v) is 6.47. The van der Waals surface area contributed by atoms with E-state index in [-0.39, 0.29) is 38.8 Å². The lowest BCUT2D eigenvalue weighted by Gasteiger charge is -2.29. The molecular formula is C25H21ClF2N6O3. The van der Waals surface area contributed by atoms with E-state index in [0.29, 0.717) is 37.5 Å². The Hall–Kier alpha value is -3.96. The number of benzene rings is 2. The van der Waals surface area contributed by atoms with Crippen LogP contribution in [0.25, 0.3) is 22.2 Å². The van der Waals surface area contributed by atoms with Crippen LogP contribution in [0.5, 0.6) is 5.88 Å². The first-order valence-corrected chi connectivity index (χ1v) is 11.7. The Labute approximate surface area is 215 Å². The fraction of sp³-hybridized carbons (Fsp3) is 0.240. The first kappa shape index (κ1) is 24.7. The van der Waals surface area contributed by atoms with Crippen molar-refractivity contribution in [2.45, 2.75) is 5.92 Å².